The number of aryl methyl sites for hydroxylation is 1. The van der Waals surface area contributed by atoms with E-state index in [0.29, 0.717) is 6.54 Å². The molecule has 0 aliphatic carbocycles. The molecule has 0 saturated carbocycles. The first-order valence-corrected chi connectivity index (χ1v) is 5.85. The van der Waals surface area contributed by atoms with Crippen molar-refractivity contribution in [1.82, 2.24) is 14.7 Å². The zero-order valence-electron chi connectivity index (χ0n) is 11.0. The number of aliphatic carboxylic acids is 1. The Labute approximate surface area is 102 Å². The number of aromatic nitrogens is 2. The SMILES string of the molecule is CCCn1nccc1CN(C)C(C)(C)C(=O)O. The van der Waals surface area contributed by atoms with Crippen LogP contribution in [0.4, 0.5) is 0 Å². The van der Waals surface area contributed by atoms with Crippen molar-refractivity contribution in [2.75, 3.05) is 7.05 Å². The van der Waals surface area contributed by atoms with Gasteiger partial charge in [0, 0.05) is 19.3 Å². The largest absolute Gasteiger partial charge is 0.480 e. The summed E-state index contributed by atoms with van der Waals surface area (Å²) in [6.07, 6.45) is 2.77. The normalized spacial score (nSPS) is 12.1. The molecule has 0 unspecified atom stereocenters. The molecule has 0 radical (unpaired) electrons. The van der Waals surface area contributed by atoms with Crippen molar-refractivity contribution in [3.05, 3.63) is 18.0 Å². The molecule has 1 aromatic rings. The number of carboxylic acids is 1. The highest BCUT2D eigenvalue weighted by molar-refractivity contribution is 5.77. The second-order valence-corrected chi connectivity index (χ2v) is 4.77. The van der Waals surface area contributed by atoms with E-state index in [9.17, 15) is 4.79 Å². The molecule has 0 fully saturated rings. The maximum atomic E-state index is 11.1. The van der Waals surface area contributed by atoms with Gasteiger partial charge in [-0.05, 0) is 33.4 Å². The number of nitrogens with zero attached hydrogens (tertiary/aromatic N) is 3. The lowest BCUT2D eigenvalue weighted by molar-refractivity contribution is -0.148. The highest BCUT2D eigenvalue weighted by atomic mass is 16.4. The molecule has 0 saturated heterocycles. The van der Waals surface area contributed by atoms with Gasteiger partial charge < -0.3 is 5.11 Å². The van der Waals surface area contributed by atoms with Crippen LogP contribution in [0.1, 0.15) is 32.9 Å². The van der Waals surface area contributed by atoms with Crippen LogP contribution in [0, 0.1) is 0 Å². The second-order valence-electron chi connectivity index (χ2n) is 4.77. The van der Waals surface area contributed by atoms with E-state index in [1.54, 1.807) is 20.0 Å². The summed E-state index contributed by atoms with van der Waals surface area (Å²) in [4.78, 5) is 13.0. The van der Waals surface area contributed by atoms with E-state index in [-0.39, 0.29) is 0 Å². The van der Waals surface area contributed by atoms with Crippen LogP contribution in [-0.2, 0) is 17.9 Å². The van der Waals surface area contributed by atoms with Gasteiger partial charge in [0.2, 0.25) is 0 Å². The zero-order chi connectivity index (χ0) is 13.1. The first-order chi connectivity index (χ1) is 7.89. The Morgan fingerprint density at radius 3 is 2.76 bits per heavy atom. The molecule has 0 atom stereocenters. The van der Waals surface area contributed by atoms with E-state index in [0.717, 1.165) is 18.7 Å². The minimum Gasteiger partial charge on any atom is -0.480 e. The summed E-state index contributed by atoms with van der Waals surface area (Å²) < 4.78 is 1.93. The average Bonchev–Trinajstić information content (AvgIpc) is 2.66. The van der Waals surface area contributed by atoms with Crippen LogP contribution >= 0.6 is 0 Å². The Bertz CT molecular complexity index is 385. The molecule has 0 aliphatic rings. The lowest BCUT2D eigenvalue weighted by Crippen LogP contribution is -2.47. The van der Waals surface area contributed by atoms with Gasteiger partial charge in [-0.25, -0.2) is 0 Å². The Kier molecular flexibility index (Phi) is 4.28. The van der Waals surface area contributed by atoms with Gasteiger partial charge in [-0.1, -0.05) is 6.92 Å². The van der Waals surface area contributed by atoms with Crippen molar-refractivity contribution in [2.24, 2.45) is 0 Å². The maximum Gasteiger partial charge on any atom is 0.323 e. The predicted octanol–water partition coefficient (Wildman–Crippen LogP) is 1.59. The molecule has 0 aromatic carbocycles. The van der Waals surface area contributed by atoms with Crippen molar-refractivity contribution in [3.63, 3.8) is 0 Å². The Hall–Kier alpha value is -1.36. The monoisotopic (exact) mass is 239 g/mol. The minimum absolute atomic E-state index is 0.583. The molecule has 1 aromatic heterocycles. The number of rotatable bonds is 6. The summed E-state index contributed by atoms with van der Waals surface area (Å²) in [5, 5.41) is 13.4. The molecule has 17 heavy (non-hydrogen) atoms. The Balaban J connectivity index is 2.77. The van der Waals surface area contributed by atoms with E-state index < -0.39 is 11.5 Å². The molecular weight excluding hydrogens is 218 g/mol. The van der Waals surface area contributed by atoms with E-state index in [2.05, 4.69) is 12.0 Å². The van der Waals surface area contributed by atoms with Gasteiger partial charge in [-0.15, -0.1) is 0 Å². The van der Waals surface area contributed by atoms with E-state index in [1.807, 2.05) is 22.7 Å². The van der Waals surface area contributed by atoms with Crippen LogP contribution in [0.25, 0.3) is 0 Å². The molecule has 1 rings (SSSR count). The summed E-state index contributed by atoms with van der Waals surface area (Å²) in [7, 11) is 1.82. The lowest BCUT2D eigenvalue weighted by Gasteiger charge is -2.31. The highest BCUT2D eigenvalue weighted by Gasteiger charge is 2.32. The molecule has 1 heterocycles. The van der Waals surface area contributed by atoms with Crippen molar-refractivity contribution in [2.45, 2.75) is 45.8 Å². The van der Waals surface area contributed by atoms with Crippen LogP contribution in [0.15, 0.2) is 12.3 Å². The van der Waals surface area contributed by atoms with Crippen molar-refractivity contribution < 1.29 is 9.90 Å². The van der Waals surface area contributed by atoms with E-state index in [1.165, 1.54) is 0 Å². The summed E-state index contributed by atoms with van der Waals surface area (Å²) in [5.74, 6) is -0.818. The smallest absolute Gasteiger partial charge is 0.323 e. The molecule has 96 valence electrons. The van der Waals surface area contributed by atoms with Gasteiger partial charge in [0.25, 0.3) is 0 Å². The molecular formula is C12H21N3O2. The van der Waals surface area contributed by atoms with E-state index >= 15 is 0 Å². The summed E-state index contributed by atoms with van der Waals surface area (Å²) in [5.41, 5.74) is 0.171. The van der Waals surface area contributed by atoms with Crippen LogP contribution in [0.2, 0.25) is 0 Å². The topological polar surface area (TPSA) is 58.4 Å². The number of hydrogen-bond donors (Lipinski definition) is 1. The maximum absolute atomic E-state index is 11.1. The quantitative estimate of drug-likeness (QED) is 0.819. The molecule has 0 bridgehead atoms. The summed E-state index contributed by atoms with van der Waals surface area (Å²) in [6.45, 7) is 6.95. The number of carboxylic acid groups (broad SMARTS) is 1. The molecule has 1 N–H and O–H groups in total. The Morgan fingerprint density at radius 2 is 2.24 bits per heavy atom. The van der Waals surface area contributed by atoms with Gasteiger partial charge in [0.05, 0.1) is 5.69 Å². The van der Waals surface area contributed by atoms with Gasteiger partial charge in [0.15, 0.2) is 0 Å². The number of likely N-dealkylation sites (N-methyl/N-ethyl adjacent to an activating group) is 1. The standard InChI is InChI=1S/C12H21N3O2/c1-5-8-15-10(6-7-13-15)9-14(4)12(2,3)11(16)17/h6-7H,5,8-9H2,1-4H3,(H,16,17). The van der Waals surface area contributed by atoms with Gasteiger partial charge in [-0.2, -0.15) is 5.10 Å². The van der Waals surface area contributed by atoms with Gasteiger partial charge >= 0.3 is 5.97 Å². The molecule has 5 nitrogen and oxygen atoms in total. The zero-order valence-corrected chi connectivity index (χ0v) is 11.0. The third-order valence-electron chi connectivity index (χ3n) is 3.12. The third kappa shape index (κ3) is 3.06. The summed E-state index contributed by atoms with van der Waals surface area (Å²) >= 11 is 0. The average molecular weight is 239 g/mol. The molecule has 0 spiro atoms. The minimum atomic E-state index is -0.874. The fourth-order valence-electron chi connectivity index (χ4n) is 1.51. The molecule has 0 amide bonds. The first kappa shape index (κ1) is 13.7. The van der Waals surface area contributed by atoms with E-state index in [4.69, 9.17) is 5.11 Å². The fourth-order valence-corrected chi connectivity index (χ4v) is 1.51. The second kappa shape index (κ2) is 5.31. The predicted molar refractivity (Wildman–Crippen MR) is 65.7 cm³/mol. The molecule has 0 aliphatic heterocycles. The van der Waals surface area contributed by atoms with Crippen LogP contribution in [-0.4, -0.2) is 38.3 Å². The van der Waals surface area contributed by atoms with Crippen LogP contribution < -0.4 is 0 Å². The van der Waals surface area contributed by atoms with Gasteiger partial charge in [-0.3, -0.25) is 14.4 Å². The fraction of sp³-hybridized carbons (Fsp3) is 0.667. The van der Waals surface area contributed by atoms with Crippen LogP contribution in [0.3, 0.4) is 0 Å². The summed E-state index contributed by atoms with van der Waals surface area (Å²) in [6, 6.07) is 1.93. The first-order valence-electron chi connectivity index (χ1n) is 5.85. The van der Waals surface area contributed by atoms with Crippen molar-refractivity contribution in [3.8, 4) is 0 Å². The Morgan fingerprint density at radius 1 is 1.59 bits per heavy atom. The lowest BCUT2D eigenvalue weighted by atomic mass is 10.0. The highest BCUT2D eigenvalue weighted by Crippen LogP contribution is 2.16. The van der Waals surface area contributed by atoms with Gasteiger partial charge in [0.1, 0.15) is 5.54 Å². The molecule has 5 heteroatoms. The third-order valence-corrected chi connectivity index (χ3v) is 3.12. The van der Waals surface area contributed by atoms with Crippen molar-refractivity contribution >= 4 is 5.97 Å². The van der Waals surface area contributed by atoms with Crippen molar-refractivity contribution in [1.29, 1.82) is 0 Å². The van der Waals surface area contributed by atoms with Crippen LogP contribution in [0.5, 0.6) is 0 Å². The number of carbonyl (C=O) groups is 1. The number of hydrogen-bond acceptors (Lipinski definition) is 3.